The monoisotopic (exact) mass is 421 g/mol. The summed E-state index contributed by atoms with van der Waals surface area (Å²) < 4.78 is 34.0. The summed E-state index contributed by atoms with van der Waals surface area (Å²) in [6.45, 7) is 0. The molecular weight excluding hydrogens is 394 g/mol. The molecule has 0 spiro atoms. The molecule has 1 unspecified atom stereocenters. The van der Waals surface area contributed by atoms with Gasteiger partial charge < -0.3 is 4.74 Å². The lowest BCUT2D eigenvalue weighted by molar-refractivity contribution is 0.246. The summed E-state index contributed by atoms with van der Waals surface area (Å²) in [6, 6.07) is 14.1. The maximum absolute atomic E-state index is 13.6. The summed E-state index contributed by atoms with van der Waals surface area (Å²) in [7, 11) is -0.599. The normalized spacial score (nSPS) is 17.3. The van der Waals surface area contributed by atoms with Gasteiger partial charge in [-0.3, -0.25) is 0 Å². The minimum Gasteiger partial charge on any atom is -0.495 e. The number of hydrogen-bond donors (Lipinski definition) is 0. The molecule has 0 bridgehead atoms. The topological polar surface area (TPSA) is 46.6 Å². The van der Waals surface area contributed by atoms with Gasteiger partial charge >= 0.3 is 0 Å². The molecule has 0 N–H and O–H groups in total. The van der Waals surface area contributed by atoms with E-state index < -0.39 is 10.0 Å². The zero-order valence-corrected chi connectivity index (χ0v) is 18.0. The van der Waals surface area contributed by atoms with Gasteiger partial charge in [-0.2, -0.15) is 4.31 Å². The van der Waals surface area contributed by atoms with Crippen LogP contribution in [0.2, 0.25) is 5.02 Å². The lowest BCUT2D eigenvalue weighted by Crippen LogP contribution is -2.36. The van der Waals surface area contributed by atoms with Gasteiger partial charge in [-0.1, -0.05) is 67.6 Å². The largest absolute Gasteiger partial charge is 0.495 e. The smallest absolute Gasteiger partial charge is 0.247 e. The molecule has 0 aromatic heterocycles. The van der Waals surface area contributed by atoms with Crippen molar-refractivity contribution in [1.82, 2.24) is 4.31 Å². The molecule has 1 fully saturated rings. The summed E-state index contributed by atoms with van der Waals surface area (Å²) in [4.78, 5) is 0.186. The highest BCUT2D eigenvalue weighted by Crippen LogP contribution is 2.42. The number of benzene rings is 2. The number of rotatable bonds is 6. The maximum atomic E-state index is 13.6. The number of para-hydroxylation sites is 1. The third-order valence-electron chi connectivity index (χ3n) is 5.69. The first-order chi connectivity index (χ1) is 13.5. The zero-order chi connectivity index (χ0) is 20.1. The fraction of sp³-hybridized carbons (Fsp3) is 0.455. The summed E-state index contributed by atoms with van der Waals surface area (Å²) in [6.07, 6.45) is 6.65. The Kier molecular flexibility index (Phi) is 7.02. The molecule has 0 radical (unpaired) electrons. The Labute approximate surface area is 173 Å². The first-order valence-electron chi connectivity index (χ1n) is 9.82. The first-order valence-corrected chi connectivity index (χ1v) is 11.6. The highest BCUT2D eigenvalue weighted by Gasteiger charge is 2.37. The van der Waals surface area contributed by atoms with Gasteiger partial charge in [-0.15, -0.1) is 0 Å². The van der Waals surface area contributed by atoms with Gasteiger partial charge in [0, 0.05) is 12.1 Å². The van der Waals surface area contributed by atoms with Crippen molar-refractivity contribution in [2.45, 2.75) is 49.5 Å². The summed E-state index contributed by atoms with van der Waals surface area (Å²) in [5.74, 6) is 0.588. The molecule has 4 nitrogen and oxygen atoms in total. The summed E-state index contributed by atoms with van der Waals surface area (Å²) >= 11 is 6.53. The van der Waals surface area contributed by atoms with Gasteiger partial charge in [0.25, 0.3) is 0 Å². The molecule has 0 amide bonds. The van der Waals surface area contributed by atoms with Crippen molar-refractivity contribution in [2.24, 2.45) is 5.92 Å². The Morgan fingerprint density at radius 2 is 1.61 bits per heavy atom. The van der Waals surface area contributed by atoms with Crippen molar-refractivity contribution in [3.8, 4) is 5.75 Å². The average Bonchev–Trinajstić information content (AvgIpc) is 2.99. The van der Waals surface area contributed by atoms with Crippen LogP contribution in [0.25, 0.3) is 0 Å². The molecule has 2 aromatic rings. The van der Waals surface area contributed by atoms with Crippen LogP contribution >= 0.6 is 11.6 Å². The van der Waals surface area contributed by atoms with Crippen LogP contribution in [-0.4, -0.2) is 26.9 Å². The van der Waals surface area contributed by atoms with Gasteiger partial charge in [0.2, 0.25) is 10.0 Å². The fourth-order valence-electron chi connectivity index (χ4n) is 4.22. The van der Waals surface area contributed by atoms with E-state index in [9.17, 15) is 8.42 Å². The van der Waals surface area contributed by atoms with Gasteiger partial charge in [-0.25, -0.2) is 8.42 Å². The summed E-state index contributed by atoms with van der Waals surface area (Å²) in [5, 5.41) is 0.610. The Balaban J connectivity index is 2.07. The third-order valence-corrected chi connectivity index (χ3v) is 7.91. The molecular formula is C22H28ClNO3S. The van der Waals surface area contributed by atoms with Gasteiger partial charge in [0.05, 0.1) is 13.2 Å². The van der Waals surface area contributed by atoms with Crippen LogP contribution in [0.5, 0.6) is 5.75 Å². The van der Waals surface area contributed by atoms with Crippen molar-refractivity contribution in [3.63, 3.8) is 0 Å². The lowest BCUT2D eigenvalue weighted by Gasteiger charge is -2.35. The maximum Gasteiger partial charge on any atom is 0.247 e. The molecule has 2 aromatic carbocycles. The molecule has 0 saturated heterocycles. The number of sulfonamides is 1. The third kappa shape index (κ3) is 4.37. The Morgan fingerprint density at radius 1 is 1.00 bits per heavy atom. The SMILES string of the molecule is COc1ccccc1S(=O)(=O)N(C)C(c1ccccc1Cl)C1CCCCCC1. The predicted molar refractivity (Wildman–Crippen MR) is 113 cm³/mol. The molecule has 3 rings (SSSR count). The van der Waals surface area contributed by atoms with E-state index in [0.717, 1.165) is 31.2 Å². The van der Waals surface area contributed by atoms with Crippen molar-refractivity contribution in [3.05, 3.63) is 59.1 Å². The van der Waals surface area contributed by atoms with E-state index in [1.54, 1.807) is 31.3 Å². The van der Waals surface area contributed by atoms with Gasteiger partial charge in [0.1, 0.15) is 10.6 Å². The van der Waals surface area contributed by atoms with Crippen LogP contribution in [0, 0.1) is 5.92 Å². The second kappa shape index (κ2) is 9.29. The van der Waals surface area contributed by atoms with E-state index in [1.165, 1.54) is 24.3 Å². The minimum atomic E-state index is -3.76. The van der Waals surface area contributed by atoms with Gasteiger partial charge in [-0.05, 0) is 42.5 Å². The molecule has 152 valence electrons. The molecule has 1 atom stereocenters. The number of hydrogen-bond acceptors (Lipinski definition) is 3. The van der Waals surface area contributed by atoms with E-state index in [-0.39, 0.29) is 16.9 Å². The molecule has 0 heterocycles. The zero-order valence-electron chi connectivity index (χ0n) is 16.5. The van der Waals surface area contributed by atoms with Crippen LogP contribution in [0.4, 0.5) is 0 Å². The second-order valence-corrected chi connectivity index (χ2v) is 9.76. The quantitative estimate of drug-likeness (QED) is 0.563. The fourth-order valence-corrected chi connectivity index (χ4v) is 6.02. The molecule has 6 heteroatoms. The molecule has 1 aliphatic rings. The van der Waals surface area contributed by atoms with Crippen LogP contribution < -0.4 is 4.74 Å². The summed E-state index contributed by atoms with van der Waals surface area (Å²) in [5.41, 5.74) is 0.872. The predicted octanol–water partition coefficient (Wildman–Crippen LogP) is 5.68. The Bertz CT molecular complexity index is 892. The van der Waals surface area contributed by atoms with Crippen molar-refractivity contribution < 1.29 is 13.2 Å². The number of halogens is 1. The van der Waals surface area contributed by atoms with Crippen LogP contribution in [-0.2, 0) is 10.0 Å². The van der Waals surface area contributed by atoms with E-state index in [0.29, 0.717) is 10.8 Å². The lowest BCUT2D eigenvalue weighted by atomic mass is 9.87. The van der Waals surface area contributed by atoms with Crippen molar-refractivity contribution in [2.75, 3.05) is 14.2 Å². The standard InChI is InChI=1S/C22H28ClNO3S/c1-24(28(25,26)21-16-10-9-15-20(21)27-2)22(17-11-5-3-4-6-12-17)18-13-7-8-14-19(18)23/h7-10,13-17,22H,3-6,11-12H2,1-2H3. The number of methoxy groups -OCH3 is 1. The molecule has 1 aliphatic carbocycles. The molecule has 28 heavy (non-hydrogen) atoms. The van der Waals surface area contributed by atoms with Crippen LogP contribution in [0.1, 0.15) is 50.1 Å². The molecule has 0 aliphatic heterocycles. The van der Waals surface area contributed by atoms with Crippen LogP contribution in [0.15, 0.2) is 53.4 Å². The first kappa shape index (κ1) is 21.2. The van der Waals surface area contributed by atoms with E-state index in [2.05, 4.69) is 0 Å². The number of ether oxygens (including phenoxy) is 1. The highest BCUT2D eigenvalue weighted by molar-refractivity contribution is 7.89. The Hall–Kier alpha value is -1.56. The average molecular weight is 422 g/mol. The molecule has 1 saturated carbocycles. The van der Waals surface area contributed by atoms with Crippen LogP contribution in [0.3, 0.4) is 0 Å². The van der Waals surface area contributed by atoms with Crippen molar-refractivity contribution >= 4 is 21.6 Å². The highest BCUT2D eigenvalue weighted by atomic mass is 35.5. The second-order valence-electron chi connectivity index (χ2n) is 7.39. The van der Waals surface area contributed by atoms with E-state index in [4.69, 9.17) is 16.3 Å². The van der Waals surface area contributed by atoms with E-state index >= 15 is 0 Å². The van der Waals surface area contributed by atoms with Crippen molar-refractivity contribution in [1.29, 1.82) is 0 Å². The number of nitrogens with zero attached hydrogens (tertiary/aromatic N) is 1. The minimum absolute atomic E-state index is 0.186. The van der Waals surface area contributed by atoms with Gasteiger partial charge in [0.15, 0.2) is 0 Å². The Morgan fingerprint density at radius 3 is 2.25 bits per heavy atom. The van der Waals surface area contributed by atoms with E-state index in [1.807, 2.05) is 24.3 Å².